The van der Waals surface area contributed by atoms with Crippen LogP contribution < -0.4 is 11.1 Å². The first-order chi connectivity index (χ1) is 8.97. The van der Waals surface area contributed by atoms with Crippen LogP contribution in [0.2, 0.25) is 0 Å². The lowest BCUT2D eigenvalue weighted by atomic mass is 10.0. The Morgan fingerprint density at radius 3 is 2.68 bits per heavy atom. The molecule has 19 heavy (non-hydrogen) atoms. The standard InChI is InChI=1S/C13H17BrN2O3/c1-2-8(7-15)5-12(17)16-11-6-9(13(18)19)3-4-10(11)14/h3-4,6,8H,2,5,7,15H2,1H3,(H,16,17)(H,18,19). The molecule has 0 aliphatic carbocycles. The molecule has 0 radical (unpaired) electrons. The zero-order valence-electron chi connectivity index (χ0n) is 10.6. The number of hydrogen-bond donors (Lipinski definition) is 3. The van der Waals surface area contributed by atoms with E-state index in [0.29, 0.717) is 23.1 Å². The molecule has 1 rings (SSSR count). The van der Waals surface area contributed by atoms with Gasteiger partial charge in [0.1, 0.15) is 0 Å². The normalized spacial score (nSPS) is 11.9. The molecule has 0 saturated heterocycles. The fourth-order valence-electron chi connectivity index (χ4n) is 1.61. The molecule has 1 amide bonds. The number of carbonyl (C=O) groups excluding carboxylic acids is 1. The Labute approximate surface area is 120 Å². The van der Waals surface area contributed by atoms with Crippen LogP contribution in [0.15, 0.2) is 22.7 Å². The summed E-state index contributed by atoms with van der Waals surface area (Å²) in [4.78, 5) is 22.7. The van der Waals surface area contributed by atoms with Crippen LogP contribution in [-0.2, 0) is 4.79 Å². The Kier molecular flexibility index (Phi) is 5.98. The van der Waals surface area contributed by atoms with Gasteiger partial charge in [-0.3, -0.25) is 4.79 Å². The van der Waals surface area contributed by atoms with Gasteiger partial charge >= 0.3 is 5.97 Å². The molecule has 0 bridgehead atoms. The van der Waals surface area contributed by atoms with Crippen molar-refractivity contribution in [3.05, 3.63) is 28.2 Å². The van der Waals surface area contributed by atoms with Gasteiger partial charge in [0.15, 0.2) is 0 Å². The van der Waals surface area contributed by atoms with E-state index < -0.39 is 5.97 Å². The molecule has 0 fully saturated rings. The van der Waals surface area contributed by atoms with Gasteiger partial charge in [-0.15, -0.1) is 0 Å². The number of rotatable bonds is 6. The van der Waals surface area contributed by atoms with Crippen molar-refractivity contribution in [1.29, 1.82) is 0 Å². The average Bonchev–Trinajstić information content (AvgIpc) is 2.38. The van der Waals surface area contributed by atoms with Crippen LogP contribution in [0, 0.1) is 5.92 Å². The zero-order chi connectivity index (χ0) is 14.4. The monoisotopic (exact) mass is 328 g/mol. The Morgan fingerprint density at radius 2 is 2.16 bits per heavy atom. The second-order valence-electron chi connectivity index (χ2n) is 4.26. The molecule has 0 aliphatic rings. The van der Waals surface area contributed by atoms with Gasteiger partial charge in [-0.2, -0.15) is 0 Å². The lowest BCUT2D eigenvalue weighted by molar-refractivity contribution is -0.117. The van der Waals surface area contributed by atoms with Crippen molar-refractivity contribution in [1.82, 2.24) is 0 Å². The minimum absolute atomic E-state index is 0.129. The second kappa shape index (κ2) is 7.25. The number of carbonyl (C=O) groups is 2. The molecular formula is C13H17BrN2O3. The number of aromatic carboxylic acids is 1. The summed E-state index contributed by atoms with van der Waals surface area (Å²) in [7, 11) is 0. The number of benzene rings is 1. The van der Waals surface area contributed by atoms with Gasteiger partial charge < -0.3 is 16.2 Å². The highest BCUT2D eigenvalue weighted by atomic mass is 79.9. The number of carboxylic acids is 1. The maximum atomic E-state index is 11.8. The number of amides is 1. The van der Waals surface area contributed by atoms with E-state index in [1.54, 1.807) is 6.07 Å². The number of anilines is 1. The molecule has 0 aromatic heterocycles. The van der Waals surface area contributed by atoms with Crippen molar-refractivity contribution in [2.45, 2.75) is 19.8 Å². The Hall–Kier alpha value is -1.40. The molecule has 0 heterocycles. The van der Waals surface area contributed by atoms with Crippen molar-refractivity contribution < 1.29 is 14.7 Å². The molecule has 1 aromatic carbocycles. The van der Waals surface area contributed by atoms with Gasteiger partial charge in [-0.05, 0) is 46.6 Å². The summed E-state index contributed by atoms with van der Waals surface area (Å²) < 4.78 is 0.645. The van der Waals surface area contributed by atoms with Crippen LogP contribution in [-0.4, -0.2) is 23.5 Å². The van der Waals surface area contributed by atoms with E-state index in [0.717, 1.165) is 6.42 Å². The molecule has 4 N–H and O–H groups in total. The summed E-state index contributed by atoms with van der Waals surface area (Å²) in [5.74, 6) is -1.06. The molecule has 1 unspecified atom stereocenters. The van der Waals surface area contributed by atoms with E-state index in [9.17, 15) is 9.59 Å². The minimum atomic E-state index is -1.03. The van der Waals surface area contributed by atoms with Crippen molar-refractivity contribution in [3.8, 4) is 0 Å². The number of nitrogens with one attached hydrogen (secondary N) is 1. The third kappa shape index (κ3) is 4.65. The molecule has 1 atom stereocenters. The molecule has 0 aliphatic heterocycles. The fourth-order valence-corrected chi connectivity index (χ4v) is 1.96. The van der Waals surface area contributed by atoms with Crippen LogP contribution in [0.1, 0.15) is 30.1 Å². The Balaban J connectivity index is 2.78. The van der Waals surface area contributed by atoms with E-state index in [4.69, 9.17) is 10.8 Å². The molecule has 0 spiro atoms. The number of nitrogens with two attached hydrogens (primary N) is 1. The fraction of sp³-hybridized carbons (Fsp3) is 0.385. The average molecular weight is 329 g/mol. The van der Waals surface area contributed by atoms with E-state index in [2.05, 4.69) is 21.2 Å². The Morgan fingerprint density at radius 1 is 1.47 bits per heavy atom. The molecule has 0 saturated carbocycles. The van der Waals surface area contributed by atoms with Crippen molar-refractivity contribution in [3.63, 3.8) is 0 Å². The van der Waals surface area contributed by atoms with Crippen molar-refractivity contribution in [2.75, 3.05) is 11.9 Å². The minimum Gasteiger partial charge on any atom is -0.478 e. The summed E-state index contributed by atoms with van der Waals surface area (Å²) in [5.41, 5.74) is 6.14. The van der Waals surface area contributed by atoms with Crippen LogP contribution in [0.4, 0.5) is 5.69 Å². The van der Waals surface area contributed by atoms with Gasteiger partial charge in [0.2, 0.25) is 5.91 Å². The predicted molar refractivity (Wildman–Crippen MR) is 77.2 cm³/mol. The van der Waals surface area contributed by atoms with Crippen molar-refractivity contribution in [2.24, 2.45) is 11.7 Å². The topological polar surface area (TPSA) is 92.4 Å². The molecular weight excluding hydrogens is 312 g/mol. The lowest BCUT2D eigenvalue weighted by Gasteiger charge is -2.13. The van der Waals surface area contributed by atoms with Crippen LogP contribution in [0.25, 0.3) is 0 Å². The second-order valence-corrected chi connectivity index (χ2v) is 5.12. The molecule has 5 nitrogen and oxygen atoms in total. The molecule has 104 valence electrons. The van der Waals surface area contributed by atoms with Gasteiger partial charge in [-0.25, -0.2) is 4.79 Å². The number of halogens is 1. The van der Waals surface area contributed by atoms with E-state index in [-0.39, 0.29) is 17.4 Å². The highest BCUT2D eigenvalue weighted by molar-refractivity contribution is 9.10. The lowest BCUT2D eigenvalue weighted by Crippen LogP contribution is -2.22. The largest absolute Gasteiger partial charge is 0.478 e. The van der Waals surface area contributed by atoms with E-state index in [1.165, 1.54) is 12.1 Å². The maximum absolute atomic E-state index is 11.8. The van der Waals surface area contributed by atoms with E-state index in [1.807, 2.05) is 6.92 Å². The highest BCUT2D eigenvalue weighted by Gasteiger charge is 2.13. The molecule has 1 aromatic rings. The van der Waals surface area contributed by atoms with E-state index >= 15 is 0 Å². The first kappa shape index (κ1) is 15.7. The first-order valence-electron chi connectivity index (χ1n) is 6.00. The zero-order valence-corrected chi connectivity index (χ0v) is 12.2. The summed E-state index contributed by atoms with van der Waals surface area (Å²) >= 11 is 3.28. The predicted octanol–water partition coefficient (Wildman–Crippen LogP) is 2.46. The smallest absolute Gasteiger partial charge is 0.335 e. The van der Waals surface area contributed by atoms with Crippen LogP contribution in [0.3, 0.4) is 0 Å². The van der Waals surface area contributed by atoms with Gasteiger partial charge in [0.05, 0.1) is 11.3 Å². The third-order valence-electron chi connectivity index (χ3n) is 2.87. The summed E-state index contributed by atoms with van der Waals surface area (Å²) in [5, 5.41) is 11.6. The van der Waals surface area contributed by atoms with Gasteiger partial charge in [0.25, 0.3) is 0 Å². The first-order valence-corrected chi connectivity index (χ1v) is 6.80. The number of carboxylic acid groups (broad SMARTS) is 1. The molecule has 6 heteroatoms. The SMILES string of the molecule is CCC(CN)CC(=O)Nc1cc(C(=O)O)ccc1Br. The highest BCUT2D eigenvalue weighted by Crippen LogP contribution is 2.24. The van der Waals surface area contributed by atoms with Crippen LogP contribution >= 0.6 is 15.9 Å². The summed E-state index contributed by atoms with van der Waals surface area (Å²) in [6.45, 7) is 2.44. The quantitative estimate of drug-likeness (QED) is 0.747. The number of hydrogen-bond acceptors (Lipinski definition) is 3. The third-order valence-corrected chi connectivity index (χ3v) is 3.56. The Bertz CT molecular complexity index is 473. The summed E-state index contributed by atoms with van der Waals surface area (Å²) in [6.07, 6.45) is 1.16. The van der Waals surface area contributed by atoms with Gasteiger partial charge in [0, 0.05) is 10.9 Å². The van der Waals surface area contributed by atoms with Crippen molar-refractivity contribution >= 4 is 33.5 Å². The summed E-state index contributed by atoms with van der Waals surface area (Å²) in [6, 6.07) is 4.49. The van der Waals surface area contributed by atoms with Crippen LogP contribution in [0.5, 0.6) is 0 Å². The maximum Gasteiger partial charge on any atom is 0.335 e. The van der Waals surface area contributed by atoms with Gasteiger partial charge in [-0.1, -0.05) is 13.3 Å².